The molecule has 0 amide bonds. The summed E-state index contributed by atoms with van der Waals surface area (Å²) in [6.07, 6.45) is 6.94. The van der Waals surface area contributed by atoms with Gasteiger partial charge in [-0.15, -0.1) is 24.0 Å². The summed E-state index contributed by atoms with van der Waals surface area (Å²) in [6.45, 7) is 8.04. The van der Waals surface area contributed by atoms with E-state index in [-0.39, 0.29) is 24.0 Å². The van der Waals surface area contributed by atoms with Gasteiger partial charge in [-0.2, -0.15) is 0 Å². The van der Waals surface area contributed by atoms with E-state index < -0.39 is 0 Å². The lowest BCUT2D eigenvalue weighted by Crippen LogP contribution is -2.42. The molecule has 0 spiro atoms. The number of likely N-dealkylation sites (tertiary alicyclic amines) is 1. The number of benzene rings is 1. The molecule has 5 nitrogen and oxygen atoms in total. The number of nitrogens with two attached hydrogens (primary N) is 1. The Morgan fingerprint density at radius 2 is 2.12 bits per heavy atom. The van der Waals surface area contributed by atoms with Crippen molar-refractivity contribution in [2.45, 2.75) is 32.4 Å². The van der Waals surface area contributed by atoms with Gasteiger partial charge in [-0.05, 0) is 43.6 Å². The topological polar surface area (TPSA) is 56.9 Å². The number of nitrogens with zero attached hydrogens (tertiary/aromatic N) is 3. The second kappa shape index (κ2) is 10.0. The summed E-state index contributed by atoms with van der Waals surface area (Å²) in [4.78, 5) is 9.35. The Kier molecular flexibility index (Phi) is 8.02. The summed E-state index contributed by atoms with van der Waals surface area (Å²) in [7, 11) is 0. The number of hydrogen-bond acceptors (Lipinski definition) is 3. The van der Waals surface area contributed by atoms with E-state index in [1.807, 2.05) is 0 Å². The molecular weight excluding hydrogens is 425 g/mol. The molecule has 1 atom stereocenters. The standard InChI is InChI=1S/C19H29N5.HI/c1-2-23-12-6-9-18(23)15-22-19(20)21-14-16-7-5-8-17(13-16)24-10-3-4-11-24;/h3-5,7-8,13,18H,2,6,9-12,14-15H2,1H3,(H3,20,21,22);1H. The van der Waals surface area contributed by atoms with Gasteiger partial charge < -0.3 is 16.0 Å². The minimum absolute atomic E-state index is 0. The molecule has 6 heteroatoms. The third-order valence-electron chi connectivity index (χ3n) is 4.95. The van der Waals surface area contributed by atoms with Crippen molar-refractivity contribution in [1.29, 1.82) is 0 Å². The Hall–Kier alpha value is -1.28. The van der Waals surface area contributed by atoms with Gasteiger partial charge in [-0.3, -0.25) is 4.90 Å². The highest BCUT2D eigenvalue weighted by Gasteiger charge is 2.22. The molecule has 1 aromatic rings. The fourth-order valence-corrected chi connectivity index (χ4v) is 3.54. The van der Waals surface area contributed by atoms with Crippen molar-refractivity contribution in [3.8, 4) is 0 Å². The van der Waals surface area contributed by atoms with E-state index in [9.17, 15) is 0 Å². The van der Waals surface area contributed by atoms with Gasteiger partial charge in [0.05, 0.1) is 6.54 Å². The quantitative estimate of drug-likeness (QED) is 0.300. The Labute approximate surface area is 168 Å². The molecule has 25 heavy (non-hydrogen) atoms. The van der Waals surface area contributed by atoms with Gasteiger partial charge in [0.25, 0.3) is 0 Å². The second-order valence-electron chi connectivity index (χ2n) is 6.55. The van der Waals surface area contributed by atoms with Crippen molar-refractivity contribution in [2.24, 2.45) is 10.7 Å². The average Bonchev–Trinajstić information content (AvgIpc) is 3.29. The van der Waals surface area contributed by atoms with Crippen LogP contribution in [0, 0.1) is 0 Å². The normalized spacial score (nSPS) is 20.8. The van der Waals surface area contributed by atoms with Crippen LogP contribution in [-0.4, -0.2) is 49.6 Å². The van der Waals surface area contributed by atoms with E-state index in [4.69, 9.17) is 5.73 Å². The molecule has 138 valence electrons. The van der Waals surface area contributed by atoms with E-state index in [1.165, 1.54) is 30.6 Å². The van der Waals surface area contributed by atoms with Crippen molar-refractivity contribution in [3.63, 3.8) is 0 Å². The van der Waals surface area contributed by atoms with Crippen molar-refractivity contribution >= 4 is 35.6 Å². The molecule has 0 saturated carbocycles. The number of anilines is 1. The first-order chi connectivity index (χ1) is 11.8. The lowest BCUT2D eigenvalue weighted by Gasteiger charge is -2.23. The number of rotatable bonds is 6. The summed E-state index contributed by atoms with van der Waals surface area (Å²) in [5.41, 5.74) is 8.49. The van der Waals surface area contributed by atoms with Gasteiger partial charge in [0, 0.05) is 31.4 Å². The SMILES string of the molecule is CCN1CCCC1CNC(N)=NCc1cccc(N2CC=CC2)c1.I. The molecule has 2 heterocycles. The Morgan fingerprint density at radius 1 is 1.32 bits per heavy atom. The summed E-state index contributed by atoms with van der Waals surface area (Å²) in [5, 5.41) is 3.29. The maximum absolute atomic E-state index is 6.05. The van der Waals surface area contributed by atoms with E-state index in [0.29, 0.717) is 18.5 Å². The number of guanidine groups is 1. The Morgan fingerprint density at radius 3 is 2.88 bits per heavy atom. The van der Waals surface area contributed by atoms with E-state index in [2.05, 4.69) is 63.5 Å². The van der Waals surface area contributed by atoms with Crippen LogP contribution >= 0.6 is 24.0 Å². The highest BCUT2D eigenvalue weighted by Crippen LogP contribution is 2.19. The first-order valence-electron chi connectivity index (χ1n) is 9.03. The number of halogens is 1. The number of aliphatic imine (C=N–C) groups is 1. The minimum Gasteiger partial charge on any atom is -0.370 e. The summed E-state index contributed by atoms with van der Waals surface area (Å²) in [5.74, 6) is 0.547. The third-order valence-corrected chi connectivity index (χ3v) is 4.95. The molecule has 1 unspecified atom stereocenters. The minimum atomic E-state index is 0. The zero-order valence-electron chi connectivity index (χ0n) is 15.0. The smallest absolute Gasteiger partial charge is 0.188 e. The molecule has 2 aliphatic heterocycles. The van der Waals surface area contributed by atoms with Crippen LogP contribution in [0.15, 0.2) is 41.4 Å². The molecule has 0 aliphatic carbocycles. The second-order valence-corrected chi connectivity index (χ2v) is 6.55. The van der Waals surface area contributed by atoms with Crippen LogP contribution in [0.4, 0.5) is 5.69 Å². The summed E-state index contributed by atoms with van der Waals surface area (Å²) >= 11 is 0. The van der Waals surface area contributed by atoms with Crippen molar-refractivity contribution in [2.75, 3.05) is 37.6 Å². The lowest BCUT2D eigenvalue weighted by atomic mass is 10.2. The zero-order valence-corrected chi connectivity index (χ0v) is 17.4. The van der Waals surface area contributed by atoms with Crippen LogP contribution in [0.25, 0.3) is 0 Å². The first kappa shape index (κ1) is 20.0. The number of likely N-dealkylation sites (N-methyl/N-ethyl adjacent to an activating group) is 1. The molecule has 0 radical (unpaired) electrons. The van der Waals surface area contributed by atoms with Gasteiger partial charge in [-0.25, -0.2) is 4.99 Å². The van der Waals surface area contributed by atoms with Crippen molar-refractivity contribution in [1.82, 2.24) is 10.2 Å². The van der Waals surface area contributed by atoms with Crippen LogP contribution in [0.5, 0.6) is 0 Å². The van der Waals surface area contributed by atoms with Crippen LogP contribution in [-0.2, 0) is 6.54 Å². The van der Waals surface area contributed by atoms with Crippen molar-refractivity contribution in [3.05, 3.63) is 42.0 Å². The molecule has 0 aromatic heterocycles. The number of hydrogen-bond donors (Lipinski definition) is 2. The maximum Gasteiger partial charge on any atom is 0.188 e. The molecule has 1 fully saturated rings. The molecule has 1 aromatic carbocycles. The highest BCUT2D eigenvalue weighted by molar-refractivity contribution is 14.0. The lowest BCUT2D eigenvalue weighted by molar-refractivity contribution is 0.267. The molecule has 0 bridgehead atoms. The molecule has 3 rings (SSSR count). The zero-order chi connectivity index (χ0) is 16.8. The maximum atomic E-state index is 6.05. The summed E-state index contributed by atoms with van der Waals surface area (Å²) < 4.78 is 0. The van der Waals surface area contributed by atoms with Crippen LogP contribution in [0.2, 0.25) is 0 Å². The predicted octanol–water partition coefficient (Wildman–Crippen LogP) is 2.57. The fraction of sp³-hybridized carbons (Fsp3) is 0.526. The first-order valence-corrected chi connectivity index (χ1v) is 9.03. The van der Waals surface area contributed by atoms with Crippen molar-refractivity contribution < 1.29 is 0 Å². The largest absolute Gasteiger partial charge is 0.370 e. The molecular formula is C19H30IN5. The van der Waals surface area contributed by atoms with Gasteiger partial charge in [0.2, 0.25) is 0 Å². The highest BCUT2D eigenvalue weighted by atomic mass is 127. The predicted molar refractivity (Wildman–Crippen MR) is 117 cm³/mol. The van der Waals surface area contributed by atoms with Crippen LogP contribution in [0.3, 0.4) is 0 Å². The van der Waals surface area contributed by atoms with E-state index >= 15 is 0 Å². The monoisotopic (exact) mass is 455 g/mol. The van der Waals surface area contributed by atoms with Crippen LogP contribution < -0.4 is 16.0 Å². The molecule has 2 aliphatic rings. The number of nitrogens with one attached hydrogen (secondary N) is 1. The van der Waals surface area contributed by atoms with E-state index in [0.717, 1.165) is 26.2 Å². The van der Waals surface area contributed by atoms with Gasteiger partial charge in [0.15, 0.2) is 5.96 Å². The van der Waals surface area contributed by atoms with Crippen LogP contribution in [0.1, 0.15) is 25.3 Å². The van der Waals surface area contributed by atoms with Gasteiger partial charge >= 0.3 is 0 Å². The average molecular weight is 455 g/mol. The Bertz CT molecular complexity index is 593. The van der Waals surface area contributed by atoms with E-state index in [1.54, 1.807) is 0 Å². The molecule has 3 N–H and O–H groups in total. The summed E-state index contributed by atoms with van der Waals surface area (Å²) in [6, 6.07) is 9.16. The fourth-order valence-electron chi connectivity index (χ4n) is 3.54. The van der Waals surface area contributed by atoms with Gasteiger partial charge in [-0.1, -0.05) is 31.2 Å². The van der Waals surface area contributed by atoms with Gasteiger partial charge in [0.1, 0.15) is 0 Å². The third kappa shape index (κ3) is 5.60. The molecule has 1 saturated heterocycles. The Balaban J connectivity index is 0.00000225.